The molecule has 0 amide bonds. The van der Waals surface area contributed by atoms with Gasteiger partial charge < -0.3 is 10.3 Å². The average molecular weight is 368 g/mol. The fraction of sp³-hybridized carbons (Fsp3) is 0.941. The molecule has 7 heteroatoms. The molecule has 0 aliphatic rings. The van der Waals surface area contributed by atoms with Crippen LogP contribution < -0.4 is 6.15 Å². The van der Waals surface area contributed by atoms with Crippen molar-refractivity contribution in [2.75, 3.05) is 7.11 Å². The number of hydrogen-bond acceptors (Lipinski definition) is 6. The molecule has 0 aromatic carbocycles. The maximum Gasteiger partial charge on any atom is 0.451 e. The molecule has 0 fully saturated rings. The first kappa shape index (κ1) is 25.6. The summed E-state index contributed by atoms with van der Waals surface area (Å²) in [6, 6.07) is 0. The first-order valence-electron chi connectivity index (χ1n) is 9.04. The molecular formula is C17H37NO5S. The number of hydrogen-bond donors (Lipinski definition) is 1. The first-order chi connectivity index (χ1) is 11.0. The summed E-state index contributed by atoms with van der Waals surface area (Å²) in [6.07, 6.45) is 16.0. The average Bonchev–Trinajstić information content (AvgIpc) is 2.51. The van der Waals surface area contributed by atoms with Crippen LogP contribution in [0, 0.1) is 0 Å². The van der Waals surface area contributed by atoms with Crippen molar-refractivity contribution in [2.45, 2.75) is 96.8 Å². The van der Waals surface area contributed by atoms with Crippen molar-refractivity contribution in [2.24, 2.45) is 0 Å². The second-order valence-electron chi connectivity index (χ2n) is 6.02. The first-order valence-corrected chi connectivity index (χ1v) is 10.4. The van der Waals surface area contributed by atoms with Gasteiger partial charge in [0.1, 0.15) is 0 Å². The summed E-state index contributed by atoms with van der Waals surface area (Å²) in [5.41, 5.74) is 0. The minimum absolute atomic E-state index is 0. The monoisotopic (exact) mass is 367 g/mol. The lowest BCUT2D eigenvalue weighted by Crippen LogP contribution is -2.13. The van der Waals surface area contributed by atoms with Gasteiger partial charge >= 0.3 is 16.4 Å². The van der Waals surface area contributed by atoms with E-state index in [1.54, 1.807) is 0 Å². The summed E-state index contributed by atoms with van der Waals surface area (Å²) in [4.78, 5) is 11.2. The SMILES string of the molecule is CCCCCCCCCCCCCCCC(=O)OS(=O)(=O)OC.N. The predicted molar refractivity (Wildman–Crippen MR) is 97.4 cm³/mol. The van der Waals surface area contributed by atoms with E-state index >= 15 is 0 Å². The summed E-state index contributed by atoms with van der Waals surface area (Å²) in [5.74, 6) is -0.741. The minimum Gasteiger partial charge on any atom is -0.344 e. The maximum atomic E-state index is 11.2. The van der Waals surface area contributed by atoms with Crippen molar-refractivity contribution < 1.29 is 21.6 Å². The van der Waals surface area contributed by atoms with Gasteiger partial charge in [0.2, 0.25) is 0 Å². The molecule has 0 heterocycles. The molecule has 0 saturated heterocycles. The van der Waals surface area contributed by atoms with Gasteiger partial charge in [-0.1, -0.05) is 84.0 Å². The van der Waals surface area contributed by atoms with Crippen molar-refractivity contribution >= 4 is 16.4 Å². The number of unbranched alkanes of at least 4 members (excludes halogenated alkanes) is 12. The normalized spacial score (nSPS) is 11.1. The maximum absolute atomic E-state index is 11.2. The number of carbonyl (C=O) groups excluding carboxylic acids is 1. The molecule has 0 spiro atoms. The molecular weight excluding hydrogens is 330 g/mol. The summed E-state index contributed by atoms with van der Waals surface area (Å²) in [7, 11) is -3.17. The Bertz CT molecular complexity index is 384. The lowest BCUT2D eigenvalue weighted by molar-refractivity contribution is -0.134. The van der Waals surface area contributed by atoms with Crippen LogP contribution in [0.3, 0.4) is 0 Å². The van der Waals surface area contributed by atoms with Crippen LogP contribution in [0.2, 0.25) is 0 Å². The van der Waals surface area contributed by atoms with Gasteiger partial charge in [-0.15, -0.1) is 0 Å². The van der Waals surface area contributed by atoms with Gasteiger partial charge in [-0.2, -0.15) is 8.42 Å². The Kier molecular flexibility index (Phi) is 18.3. The number of rotatable bonds is 16. The highest BCUT2D eigenvalue weighted by Gasteiger charge is 2.15. The van der Waals surface area contributed by atoms with Gasteiger partial charge in [0.15, 0.2) is 0 Å². The van der Waals surface area contributed by atoms with Gasteiger partial charge in [0.25, 0.3) is 0 Å². The molecule has 146 valence electrons. The van der Waals surface area contributed by atoms with E-state index in [-0.39, 0.29) is 12.6 Å². The van der Waals surface area contributed by atoms with E-state index in [1.165, 1.54) is 64.2 Å². The lowest BCUT2D eigenvalue weighted by atomic mass is 10.0. The molecule has 0 atom stereocenters. The fourth-order valence-corrected chi connectivity index (χ4v) is 2.86. The molecule has 0 saturated carbocycles. The topological polar surface area (TPSA) is 105 Å². The Morgan fingerprint density at radius 1 is 0.750 bits per heavy atom. The van der Waals surface area contributed by atoms with E-state index in [0.717, 1.165) is 20.0 Å². The van der Waals surface area contributed by atoms with Crippen molar-refractivity contribution in [3.8, 4) is 0 Å². The third-order valence-electron chi connectivity index (χ3n) is 3.88. The van der Waals surface area contributed by atoms with E-state index in [9.17, 15) is 13.2 Å². The van der Waals surface area contributed by atoms with E-state index in [4.69, 9.17) is 0 Å². The van der Waals surface area contributed by atoms with Crippen LogP contribution in [0.1, 0.15) is 96.8 Å². The summed E-state index contributed by atoms with van der Waals surface area (Å²) < 4.78 is 30.0. The van der Waals surface area contributed by atoms with Crippen molar-refractivity contribution in [3.05, 3.63) is 0 Å². The zero-order valence-electron chi connectivity index (χ0n) is 15.6. The largest absolute Gasteiger partial charge is 0.451 e. The van der Waals surface area contributed by atoms with Gasteiger partial charge in [0, 0.05) is 6.42 Å². The smallest absolute Gasteiger partial charge is 0.344 e. The lowest BCUT2D eigenvalue weighted by Gasteiger charge is -2.04. The fourth-order valence-electron chi connectivity index (χ4n) is 2.48. The van der Waals surface area contributed by atoms with Crippen LogP contribution in [0.15, 0.2) is 0 Å². The van der Waals surface area contributed by atoms with Gasteiger partial charge in [-0.3, -0.25) is 4.79 Å². The molecule has 3 N–H and O–H groups in total. The highest BCUT2D eigenvalue weighted by Crippen LogP contribution is 2.13. The standard InChI is InChI=1S/C17H34O5S.H3N/c1-3-4-5-6-7-8-9-10-11-12-13-14-15-16-17(18)22-23(19,20)21-2;/h3-16H2,1-2H3;1H3. The van der Waals surface area contributed by atoms with E-state index in [2.05, 4.69) is 15.3 Å². The number of carbonyl (C=O) groups is 1. The van der Waals surface area contributed by atoms with Crippen molar-refractivity contribution in [1.82, 2.24) is 6.15 Å². The Balaban J connectivity index is 0. The quantitative estimate of drug-likeness (QED) is 0.382. The zero-order chi connectivity index (χ0) is 17.4. The van der Waals surface area contributed by atoms with Gasteiger partial charge in [-0.05, 0) is 6.42 Å². The summed E-state index contributed by atoms with van der Waals surface area (Å²) >= 11 is 0. The highest BCUT2D eigenvalue weighted by atomic mass is 32.3. The summed E-state index contributed by atoms with van der Waals surface area (Å²) in [5, 5.41) is 0. The Labute approximate surface area is 148 Å². The van der Waals surface area contributed by atoms with Gasteiger partial charge in [-0.25, -0.2) is 4.18 Å². The predicted octanol–water partition coefficient (Wildman–Crippen LogP) is 5.06. The zero-order valence-corrected chi connectivity index (χ0v) is 16.4. The van der Waals surface area contributed by atoms with Gasteiger partial charge in [0.05, 0.1) is 7.11 Å². The molecule has 0 unspecified atom stereocenters. The van der Waals surface area contributed by atoms with Crippen LogP contribution >= 0.6 is 0 Å². The molecule has 0 rings (SSSR count). The van der Waals surface area contributed by atoms with Crippen LogP contribution in [-0.2, 0) is 23.6 Å². The van der Waals surface area contributed by atoms with Crippen LogP contribution in [0.25, 0.3) is 0 Å². The van der Waals surface area contributed by atoms with E-state index < -0.39 is 16.4 Å². The second-order valence-corrected chi connectivity index (χ2v) is 7.34. The molecule has 0 aliphatic heterocycles. The summed E-state index contributed by atoms with van der Waals surface area (Å²) in [6.45, 7) is 2.24. The third kappa shape index (κ3) is 17.7. The highest BCUT2D eigenvalue weighted by molar-refractivity contribution is 7.82. The van der Waals surface area contributed by atoms with E-state index in [0.29, 0.717) is 6.42 Å². The molecule has 0 radical (unpaired) electrons. The van der Waals surface area contributed by atoms with Crippen molar-refractivity contribution in [3.63, 3.8) is 0 Å². The van der Waals surface area contributed by atoms with Crippen LogP contribution in [0.4, 0.5) is 0 Å². The molecule has 0 aliphatic carbocycles. The van der Waals surface area contributed by atoms with E-state index in [1.807, 2.05) is 0 Å². The third-order valence-corrected chi connectivity index (χ3v) is 4.68. The molecule has 0 bridgehead atoms. The minimum atomic E-state index is -4.14. The Morgan fingerprint density at radius 3 is 1.50 bits per heavy atom. The Hall–Kier alpha value is -0.660. The van der Waals surface area contributed by atoms with Crippen LogP contribution in [0.5, 0.6) is 0 Å². The van der Waals surface area contributed by atoms with Crippen molar-refractivity contribution in [1.29, 1.82) is 0 Å². The molecule has 6 nitrogen and oxygen atoms in total. The molecule has 0 aromatic heterocycles. The Morgan fingerprint density at radius 2 is 1.12 bits per heavy atom. The second kappa shape index (κ2) is 17.2. The molecule has 0 aromatic rings. The molecule has 24 heavy (non-hydrogen) atoms. The van der Waals surface area contributed by atoms with Crippen LogP contribution in [-0.4, -0.2) is 21.5 Å².